The third-order valence-electron chi connectivity index (χ3n) is 5.57. The molecule has 0 amide bonds. The van der Waals surface area contributed by atoms with Crippen molar-refractivity contribution in [1.82, 2.24) is 0 Å². The smallest absolute Gasteiger partial charge is 0.344 e. The van der Waals surface area contributed by atoms with Gasteiger partial charge in [-0.15, -0.1) is 0 Å². The van der Waals surface area contributed by atoms with Crippen molar-refractivity contribution in [3.63, 3.8) is 0 Å². The molecule has 0 heterocycles. The minimum absolute atomic E-state index is 0.759. The van der Waals surface area contributed by atoms with Gasteiger partial charge in [-0.3, -0.25) is 0 Å². The predicted molar refractivity (Wildman–Crippen MR) is 91.8 cm³/mol. The maximum Gasteiger partial charge on any atom is 0.344 e. The van der Waals surface area contributed by atoms with Gasteiger partial charge in [0.05, 0.1) is 0 Å². The zero-order valence-electron chi connectivity index (χ0n) is 14.5. The molecular formula is C18H36O2Si. The van der Waals surface area contributed by atoms with Gasteiger partial charge in [0.25, 0.3) is 0 Å². The summed E-state index contributed by atoms with van der Waals surface area (Å²) in [5, 5.41) is 0. The van der Waals surface area contributed by atoms with E-state index in [9.17, 15) is 0 Å². The summed E-state index contributed by atoms with van der Waals surface area (Å²) in [6.07, 6.45) is 13.3. The van der Waals surface area contributed by atoms with E-state index in [1.807, 2.05) is 0 Å². The third kappa shape index (κ3) is 4.32. The van der Waals surface area contributed by atoms with E-state index in [4.69, 9.17) is 8.85 Å². The second-order valence-electron chi connectivity index (χ2n) is 7.36. The quantitative estimate of drug-likeness (QED) is 0.527. The van der Waals surface area contributed by atoms with E-state index in [1.54, 1.807) is 0 Å². The van der Waals surface area contributed by atoms with Gasteiger partial charge < -0.3 is 8.85 Å². The van der Waals surface area contributed by atoms with Gasteiger partial charge in [0, 0.05) is 24.3 Å². The molecule has 2 aliphatic carbocycles. The van der Waals surface area contributed by atoms with Crippen LogP contribution in [0.4, 0.5) is 0 Å². The molecule has 0 N–H and O–H groups in total. The maximum atomic E-state index is 6.66. The first kappa shape index (κ1) is 17.5. The van der Waals surface area contributed by atoms with Crippen molar-refractivity contribution in [3.8, 4) is 0 Å². The molecule has 0 spiro atoms. The van der Waals surface area contributed by atoms with Crippen molar-refractivity contribution >= 4 is 8.56 Å². The Morgan fingerprint density at radius 2 is 1.24 bits per heavy atom. The Balaban J connectivity index is 2.15. The zero-order valence-corrected chi connectivity index (χ0v) is 15.5. The van der Waals surface area contributed by atoms with Crippen LogP contribution >= 0.6 is 0 Å². The summed E-state index contributed by atoms with van der Waals surface area (Å²) in [5.74, 6) is 0.911. The summed E-state index contributed by atoms with van der Waals surface area (Å²) < 4.78 is 13.3. The fraction of sp³-hybridized carbons (Fsp3) is 1.00. The van der Waals surface area contributed by atoms with E-state index in [2.05, 4.69) is 20.8 Å². The molecule has 2 aliphatic rings. The van der Waals surface area contributed by atoms with Crippen LogP contribution in [0.2, 0.25) is 11.1 Å². The molecule has 0 aromatic rings. The summed E-state index contributed by atoms with van der Waals surface area (Å²) in [6, 6.07) is 0. The van der Waals surface area contributed by atoms with E-state index in [-0.39, 0.29) is 0 Å². The van der Waals surface area contributed by atoms with Crippen LogP contribution in [0.5, 0.6) is 0 Å². The van der Waals surface area contributed by atoms with Crippen LogP contribution in [0.1, 0.15) is 85.0 Å². The Bertz CT molecular complexity index is 273. The molecule has 0 atom stereocenters. The molecule has 2 rings (SSSR count). The summed E-state index contributed by atoms with van der Waals surface area (Å²) in [5.41, 5.74) is 1.53. The minimum Gasteiger partial charge on any atom is -0.394 e. The summed E-state index contributed by atoms with van der Waals surface area (Å²) in [4.78, 5) is 0. The highest BCUT2D eigenvalue weighted by Gasteiger charge is 2.53. The second-order valence-corrected chi connectivity index (χ2v) is 11.0. The van der Waals surface area contributed by atoms with Gasteiger partial charge in [-0.05, 0) is 44.4 Å². The molecular weight excluding hydrogens is 276 g/mol. The topological polar surface area (TPSA) is 18.5 Å². The average molecular weight is 313 g/mol. The van der Waals surface area contributed by atoms with Crippen LogP contribution in [-0.2, 0) is 8.85 Å². The maximum absolute atomic E-state index is 6.66. The van der Waals surface area contributed by atoms with E-state index < -0.39 is 8.56 Å². The molecule has 0 bridgehead atoms. The van der Waals surface area contributed by atoms with E-state index in [0.29, 0.717) is 0 Å². The van der Waals surface area contributed by atoms with Crippen LogP contribution in [-0.4, -0.2) is 21.8 Å². The van der Waals surface area contributed by atoms with E-state index >= 15 is 0 Å². The molecule has 2 fully saturated rings. The highest BCUT2D eigenvalue weighted by molar-refractivity contribution is 6.70. The van der Waals surface area contributed by atoms with Crippen LogP contribution in [0, 0.1) is 5.92 Å². The summed E-state index contributed by atoms with van der Waals surface area (Å²) >= 11 is 0. The molecule has 0 unspecified atom stereocenters. The van der Waals surface area contributed by atoms with Gasteiger partial charge >= 0.3 is 8.56 Å². The lowest BCUT2D eigenvalue weighted by Crippen LogP contribution is -2.52. The molecule has 2 nitrogen and oxygen atoms in total. The predicted octanol–water partition coefficient (Wildman–Crippen LogP) is 5.81. The normalized spacial score (nSPS) is 28.1. The average Bonchev–Trinajstić information content (AvgIpc) is 3.04. The standard InChI is InChI=1S/C18H36O2Si/c1-4-14-19-21(20-15-5-2,17-8-6-7-9-17)18-12-10-16(3)11-13-18/h16-18H,4-15H2,1-3H3. The van der Waals surface area contributed by atoms with Crippen molar-refractivity contribution in [3.05, 3.63) is 0 Å². The van der Waals surface area contributed by atoms with Gasteiger partial charge in [0.15, 0.2) is 0 Å². The zero-order chi connectivity index (χ0) is 15.1. The van der Waals surface area contributed by atoms with Crippen molar-refractivity contribution < 1.29 is 8.85 Å². The second kappa shape index (κ2) is 8.69. The molecule has 124 valence electrons. The summed E-state index contributed by atoms with van der Waals surface area (Å²) in [6.45, 7) is 8.71. The number of hydrogen-bond acceptors (Lipinski definition) is 2. The lowest BCUT2D eigenvalue weighted by atomic mass is 9.90. The van der Waals surface area contributed by atoms with E-state index in [0.717, 1.165) is 43.1 Å². The summed E-state index contributed by atoms with van der Waals surface area (Å²) in [7, 11) is -2.03. The first-order valence-corrected chi connectivity index (χ1v) is 11.5. The molecule has 0 saturated heterocycles. The van der Waals surface area contributed by atoms with Crippen molar-refractivity contribution in [2.75, 3.05) is 13.2 Å². The first-order valence-electron chi connectivity index (χ1n) is 9.50. The van der Waals surface area contributed by atoms with Crippen LogP contribution in [0.25, 0.3) is 0 Å². The Morgan fingerprint density at radius 3 is 1.71 bits per heavy atom. The first-order chi connectivity index (χ1) is 10.2. The lowest BCUT2D eigenvalue weighted by molar-refractivity contribution is 0.137. The van der Waals surface area contributed by atoms with Crippen molar-refractivity contribution in [1.29, 1.82) is 0 Å². The number of rotatable bonds is 8. The van der Waals surface area contributed by atoms with Gasteiger partial charge in [0.1, 0.15) is 0 Å². The SMILES string of the molecule is CCCO[Si](OCCC)(C1CCCC1)C1CCC(C)CC1. The highest BCUT2D eigenvalue weighted by Crippen LogP contribution is 2.50. The molecule has 21 heavy (non-hydrogen) atoms. The van der Waals surface area contributed by atoms with Crippen LogP contribution in [0.3, 0.4) is 0 Å². The fourth-order valence-electron chi connectivity index (χ4n) is 4.36. The monoisotopic (exact) mass is 312 g/mol. The minimum atomic E-state index is -2.03. The van der Waals surface area contributed by atoms with Crippen molar-refractivity contribution in [2.24, 2.45) is 5.92 Å². The van der Waals surface area contributed by atoms with E-state index in [1.165, 1.54) is 51.4 Å². The highest BCUT2D eigenvalue weighted by atomic mass is 28.4. The van der Waals surface area contributed by atoms with Gasteiger partial charge in [0.2, 0.25) is 0 Å². The largest absolute Gasteiger partial charge is 0.394 e. The molecule has 3 heteroatoms. The molecule has 2 saturated carbocycles. The molecule has 0 aromatic heterocycles. The Morgan fingerprint density at radius 1 is 0.762 bits per heavy atom. The van der Waals surface area contributed by atoms with Crippen molar-refractivity contribution in [2.45, 2.75) is 96.1 Å². The third-order valence-corrected chi connectivity index (χ3v) is 10.3. The molecule has 0 aromatic carbocycles. The lowest BCUT2D eigenvalue weighted by Gasteiger charge is -2.44. The van der Waals surface area contributed by atoms with Crippen LogP contribution < -0.4 is 0 Å². The molecule has 0 aliphatic heterocycles. The van der Waals surface area contributed by atoms with Crippen LogP contribution in [0.15, 0.2) is 0 Å². The van der Waals surface area contributed by atoms with Gasteiger partial charge in [-0.1, -0.05) is 46.5 Å². The van der Waals surface area contributed by atoms with Gasteiger partial charge in [-0.2, -0.15) is 0 Å². The van der Waals surface area contributed by atoms with Gasteiger partial charge in [-0.25, -0.2) is 0 Å². The Hall–Kier alpha value is 0.137. The number of hydrogen-bond donors (Lipinski definition) is 0. The Labute approximate surface area is 133 Å². The fourth-order valence-corrected chi connectivity index (χ4v) is 9.45. The Kier molecular flexibility index (Phi) is 7.23. The molecule has 0 radical (unpaired) electrons.